The van der Waals surface area contributed by atoms with Gasteiger partial charge in [0.1, 0.15) is 5.75 Å². The fourth-order valence-electron chi connectivity index (χ4n) is 2.93. The maximum Gasteiger partial charge on any atom is 0.343 e. The number of hydrogen-bond donors (Lipinski definition) is 0. The van der Waals surface area contributed by atoms with Crippen molar-refractivity contribution in [1.29, 1.82) is 0 Å². The van der Waals surface area contributed by atoms with Crippen LogP contribution in [0.25, 0.3) is 0 Å². The molecule has 0 saturated heterocycles. The molecule has 1 unspecified atom stereocenters. The topological polar surface area (TPSA) is 43.4 Å². The SMILES string of the molecule is CCC(C)c1ccc(CC(=O)c2ccc(C(=O)Oc3ccccc3)cc2)cc1. The molecule has 142 valence electrons. The van der Waals surface area contributed by atoms with Crippen LogP contribution in [0.15, 0.2) is 78.9 Å². The minimum Gasteiger partial charge on any atom is -0.423 e. The molecule has 3 aromatic rings. The van der Waals surface area contributed by atoms with Gasteiger partial charge in [0.25, 0.3) is 0 Å². The summed E-state index contributed by atoms with van der Waals surface area (Å²) in [7, 11) is 0. The van der Waals surface area contributed by atoms with Crippen LogP contribution in [0.4, 0.5) is 0 Å². The van der Waals surface area contributed by atoms with E-state index in [1.54, 1.807) is 48.5 Å². The van der Waals surface area contributed by atoms with Crippen LogP contribution < -0.4 is 4.74 Å². The minimum atomic E-state index is -0.439. The molecule has 3 heteroatoms. The maximum absolute atomic E-state index is 12.5. The average molecular weight is 372 g/mol. The lowest BCUT2D eigenvalue weighted by molar-refractivity contribution is 0.0734. The van der Waals surface area contributed by atoms with E-state index in [0.717, 1.165) is 12.0 Å². The van der Waals surface area contributed by atoms with Crippen LogP contribution in [0, 0.1) is 0 Å². The van der Waals surface area contributed by atoms with Gasteiger partial charge in [0, 0.05) is 12.0 Å². The fourth-order valence-corrected chi connectivity index (χ4v) is 2.93. The molecule has 0 spiro atoms. The van der Waals surface area contributed by atoms with E-state index in [4.69, 9.17) is 4.74 Å². The zero-order valence-corrected chi connectivity index (χ0v) is 16.2. The summed E-state index contributed by atoms with van der Waals surface area (Å²) >= 11 is 0. The van der Waals surface area contributed by atoms with E-state index in [-0.39, 0.29) is 5.78 Å². The van der Waals surface area contributed by atoms with Crippen LogP contribution in [-0.2, 0) is 6.42 Å². The predicted molar refractivity (Wildman–Crippen MR) is 111 cm³/mol. The van der Waals surface area contributed by atoms with Crippen LogP contribution in [0.2, 0.25) is 0 Å². The van der Waals surface area contributed by atoms with Gasteiger partial charge in [-0.25, -0.2) is 4.79 Å². The molecule has 0 bridgehead atoms. The van der Waals surface area contributed by atoms with Crippen molar-refractivity contribution in [3.63, 3.8) is 0 Å². The number of carbonyl (C=O) groups is 2. The Hall–Kier alpha value is -3.20. The van der Waals surface area contributed by atoms with Gasteiger partial charge in [0.15, 0.2) is 5.78 Å². The molecule has 3 aromatic carbocycles. The van der Waals surface area contributed by atoms with Gasteiger partial charge in [-0.2, -0.15) is 0 Å². The Morgan fingerprint density at radius 3 is 2.04 bits per heavy atom. The van der Waals surface area contributed by atoms with Gasteiger partial charge < -0.3 is 4.74 Å². The Morgan fingerprint density at radius 2 is 1.43 bits per heavy atom. The molecule has 0 aliphatic carbocycles. The molecule has 3 rings (SSSR count). The van der Waals surface area contributed by atoms with Crippen LogP contribution >= 0.6 is 0 Å². The molecule has 0 heterocycles. The Labute approximate surface area is 166 Å². The number of para-hydroxylation sites is 1. The van der Waals surface area contributed by atoms with Crippen LogP contribution in [-0.4, -0.2) is 11.8 Å². The van der Waals surface area contributed by atoms with E-state index < -0.39 is 5.97 Å². The Kier molecular flexibility index (Phi) is 6.38. The van der Waals surface area contributed by atoms with E-state index >= 15 is 0 Å². The molecule has 0 radical (unpaired) electrons. The third-order valence-electron chi connectivity index (χ3n) is 4.92. The highest BCUT2D eigenvalue weighted by Gasteiger charge is 2.12. The van der Waals surface area contributed by atoms with Crippen molar-refractivity contribution in [2.24, 2.45) is 0 Å². The monoisotopic (exact) mass is 372 g/mol. The van der Waals surface area contributed by atoms with Crippen molar-refractivity contribution in [1.82, 2.24) is 0 Å². The quantitative estimate of drug-likeness (QED) is 0.297. The lowest BCUT2D eigenvalue weighted by atomic mass is 9.95. The summed E-state index contributed by atoms with van der Waals surface area (Å²) in [5, 5.41) is 0. The van der Waals surface area contributed by atoms with Crippen LogP contribution in [0.5, 0.6) is 5.75 Å². The first-order valence-electron chi connectivity index (χ1n) is 9.56. The molecule has 0 N–H and O–H groups in total. The van der Waals surface area contributed by atoms with E-state index in [0.29, 0.717) is 29.2 Å². The second kappa shape index (κ2) is 9.14. The third-order valence-corrected chi connectivity index (χ3v) is 4.92. The summed E-state index contributed by atoms with van der Waals surface area (Å²) in [6.45, 7) is 4.37. The number of carbonyl (C=O) groups excluding carboxylic acids is 2. The second-order valence-electron chi connectivity index (χ2n) is 6.93. The summed E-state index contributed by atoms with van der Waals surface area (Å²) in [6.07, 6.45) is 1.44. The third kappa shape index (κ3) is 4.95. The van der Waals surface area contributed by atoms with E-state index in [2.05, 4.69) is 26.0 Å². The Bertz CT molecular complexity index is 926. The normalized spacial score (nSPS) is 11.6. The fraction of sp³-hybridized carbons (Fsp3) is 0.200. The van der Waals surface area contributed by atoms with Crippen molar-refractivity contribution >= 4 is 11.8 Å². The van der Waals surface area contributed by atoms with Crippen LogP contribution in [0.3, 0.4) is 0 Å². The number of ether oxygens (including phenoxy) is 1. The second-order valence-corrected chi connectivity index (χ2v) is 6.93. The van der Waals surface area contributed by atoms with Gasteiger partial charge in [-0.1, -0.05) is 68.4 Å². The highest BCUT2D eigenvalue weighted by molar-refractivity contribution is 5.99. The molecule has 0 fully saturated rings. The van der Waals surface area contributed by atoms with E-state index in [9.17, 15) is 9.59 Å². The van der Waals surface area contributed by atoms with Gasteiger partial charge in [0.2, 0.25) is 0 Å². The summed E-state index contributed by atoms with van der Waals surface area (Å²) < 4.78 is 5.31. The van der Waals surface area contributed by atoms with Gasteiger partial charge in [-0.15, -0.1) is 0 Å². The molecule has 0 saturated carbocycles. The summed E-state index contributed by atoms with van der Waals surface area (Å²) in [4.78, 5) is 24.7. The van der Waals surface area contributed by atoms with E-state index in [1.807, 2.05) is 18.2 Å². The van der Waals surface area contributed by atoms with Crippen molar-refractivity contribution in [2.75, 3.05) is 0 Å². The van der Waals surface area contributed by atoms with Crippen molar-refractivity contribution < 1.29 is 14.3 Å². The molecule has 1 atom stereocenters. The molecule has 0 amide bonds. The largest absolute Gasteiger partial charge is 0.423 e. The highest BCUT2D eigenvalue weighted by Crippen LogP contribution is 2.20. The molecule has 3 nitrogen and oxygen atoms in total. The summed E-state index contributed by atoms with van der Waals surface area (Å²) in [5.41, 5.74) is 3.28. The molecule has 0 aliphatic rings. The molecule has 0 aromatic heterocycles. The Morgan fingerprint density at radius 1 is 0.821 bits per heavy atom. The molecular weight excluding hydrogens is 348 g/mol. The van der Waals surface area contributed by atoms with Crippen molar-refractivity contribution in [3.8, 4) is 5.75 Å². The number of Topliss-reactive ketones (excluding diaryl/α,β-unsaturated/α-hetero) is 1. The Balaban J connectivity index is 1.62. The lowest BCUT2D eigenvalue weighted by Crippen LogP contribution is -2.09. The number of rotatable bonds is 7. The first-order valence-corrected chi connectivity index (χ1v) is 9.56. The molecule has 0 aliphatic heterocycles. The summed E-state index contributed by atoms with van der Waals surface area (Å²) in [6, 6.07) is 23.8. The highest BCUT2D eigenvalue weighted by atomic mass is 16.5. The van der Waals surface area contributed by atoms with E-state index in [1.165, 1.54) is 5.56 Å². The van der Waals surface area contributed by atoms with Crippen LogP contribution in [0.1, 0.15) is 58.0 Å². The van der Waals surface area contributed by atoms with Crippen molar-refractivity contribution in [2.45, 2.75) is 32.6 Å². The first kappa shape index (κ1) is 19.6. The number of benzene rings is 3. The summed E-state index contributed by atoms with van der Waals surface area (Å²) in [5.74, 6) is 0.603. The van der Waals surface area contributed by atoms with Gasteiger partial charge in [-0.05, 0) is 47.7 Å². The van der Waals surface area contributed by atoms with Gasteiger partial charge in [0.05, 0.1) is 5.56 Å². The average Bonchev–Trinajstić information content (AvgIpc) is 2.74. The standard InChI is InChI=1S/C25H24O3/c1-3-18(2)20-11-9-19(10-12-20)17-24(26)21-13-15-22(16-14-21)25(27)28-23-7-5-4-6-8-23/h4-16,18H,3,17H2,1-2H3. The smallest absolute Gasteiger partial charge is 0.343 e. The number of esters is 1. The zero-order chi connectivity index (χ0) is 19.9. The molecule has 28 heavy (non-hydrogen) atoms. The van der Waals surface area contributed by atoms with Crippen molar-refractivity contribution in [3.05, 3.63) is 101 Å². The van der Waals surface area contributed by atoms with Gasteiger partial charge >= 0.3 is 5.97 Å². The molecular formula is C25H24O3. The predicted octanol–water partition coefficient (Wildman–Crippen LogP) is 5.84. The number of ketones is 1. The minimum absolute atomic E-state index is 0.0271. The maximum atomic E-state index is 12.5. The number of hydrogen-bond acceptors (Lipinski definition) is 3. The zero-order valence-electron chi connectivity index (χ0n) is 16.2. The lowest BCUT2D eigenvalue weighted by Gasteiger charge is -2.09. The van der Waals surface area contributed by atoms with Gasteiger partial charge in [-0.3, -0.25) is 4.79 Å². The first-order chi connectivity index (χ1) is 13.6.